The third-order valence-electron chi connectivity index (χ3n) is 3.00. The minimum atomic E-state index is 0.442. The van der Waals surface area contributed by atoms with Crippen molar-refractivity contribution in [2.24, 2.45) is 0 Å². The summed E-state index contributed by atoms with van der Waals surface area (Å²) in [6.07, 6.45) is 4.82. The van der Waals surface area contributed by atoms with E-state index in [1.54, 1.807) is 4.47 Å². The van der Waals surface area contributed by atoms with Crippen molar-refractivity contribution in [2.75, 3.05) is 0 Å². The van der Waals surface area contributed by atoms with Gasteiger partial charge in [0.2, 0.25) is 0 Å². The first kappa shape index (κ1) is 10.8. The molecular formula is C16H14Se. The Balaban J connectivity index is 1.92. The molecule has 0 N–H and O–H groups in total. The predicted molar refractivity (Wildman–Crippen MR) is 74.6 cm³/mol. The van der Waals surface area contributed by atoms with Crippen LogP contribution >= 0.6 is 0 Å². The molecule has 2 aromatic rings. The van der Waals surface area contributed by atoms with Crippen LogP contribution in [-0.2, 0) is 6.42 Å². The quantitative estimate of drug-likeness (QED) is 0.744. The fourth-order valence-electron chi connectivity index (χ4n) is 2.16. The van der Waals surface area contributed by atoms with Crippen LogP contribution < -0.4 is 4.46 Å². The van der Waals surface area contributed by atoms with Crippen molar-refractivity contribution >= 4 is 23.9 Å². The van der Waals surface area contributed by atoms with Gasteiger partial charge in [-0.25, -0.2) is 0 Å². The Morgan fingerprint density at radius 3 is 2.47 bits per heavy atom. The standard InChI is InChI=1S/C16H14Se/c1-2-9-14(10-3-1)17-16-12-6-8-13-7-4-5-11-15(13)16/h1-5,7,9-12H,6,8H2. The van der Waals surface area contributed by atoms with E-state index in [1.807, 2.05) is 0 Å². The molecule has 17 heavy (non-hydrogen) atoms. The molecule has 84 valence electrons. The molecule has 3 rings (SSSR count). The molecule has 0 nitrogen and oxygen atoms in total. The first-order valence-electron chi connectivity index (χ1n) is 5.95. The molecule has 0 aromatic heterocycles. The summed E-state index contributed by atoms with van der Waals surface area (Å²) in [5.41, 5.74) is 2.99. The molecule has 1 aliphatic rings. The first-order valence-corrected chi connectivity index (χ1v) is 7.66. The number of fused-ring (bicyclic) bond motifs is 1. The third-order valence-corrected chi connectivity index (χ3v) is 5.34. The van der Waals surface area contributed by atoms with Gasteiger partial charge in [-0.05, 0) is 0 Å². The van der Waals surface area contributed by atoms with Gasteiger partial charge < -0.3 is 0 Å². The van der Waals surface area contributed by atoms with Crippen molar-refractivity contribution in [1.82, 2.24) is 0 Å². The van der Waals surface area contributed by atoms with Gasteiger partial charge in [0.25, 0.3) is 0 Å². The Kier molecular flexibility index (Phi) is 3.13. The number of allylic oxidation sites excluding steroid dienone is 1. The summed E-state index contributed by atoms with van der Waals surface area (Å²) < 4.78 is 3.01. The molecule has 0 bridgehead atoms. The van der Waals surface area contributed by atoms with Gasteiger partial charge in [0.05, 0.1) is 0 Å². The zero-order valence-electron chi connectivity index (χ0n) is 9.60. The summed E-state index contributed by atoms with van der Waals surface area (Å²) in [5.74, 6) is 0. The van der Waals surface area contributed by atoms with E-state index in [-0.39, 0.29) is 0 Å². The van der Waals surface area contributed by atoms with Gasteiger partial charge in [-0.2, -0.15) is 0 Å². The van der Waals surface area contributed by atoms with Gasteiger partial charge in [0.15, 0.2) is 0 Å². The van der Waals surface area contributed by atoms with Gasteiger partial charge in [-0.1, -0.05) is 0 Å². The number of hydrogen-bond acceptors (Lipinski definition) is 0. The van der Waals surface area contributed by atoms with Gasteiger partial charge in [0.1, 0.15) is 0 Å². The van der Waals surface area contributed by atoms with Crippen molar-refractivity contribution in [3.8, 4) is 0 Å². The molecule has 0 amide bonds. The Hall–Kier alpha value is -1.30. The Morgan fingerprint density at radius 2 is 1.59 bits per heavy atom. The molecule has 0 radical (unpaired) electrons. The van der Waals surface area contributed by atoms with Crippen molar-refractivity contribution in [3.05, 3.63) is 71.8 Å². The van der Waals surface area contributed by atoms with Gasteiger partial charge in [0, 0.05) is 0 Å². The minimum absolute atomic E-state index is 0.442. The average Bonchev–Trinajstić information content (AvgIpc) is 2.40. The number of benzene rings is 2. The number of hydrogen-bond donors (Lipinski definition) is 0. The Bertz CT molecular complexity index is 540. The molecule has 1 heteroatoms. The van der Waals surface area contributed by atoms with Crippen LogP contribution in [0.1, 0.15) is 17.5 Å². The Labute approximate surface area is 109 Å². The van der Waals surface area contributed by atoms with E-state index in [9.17, 15) is 0 Å². The normalized spacial score (nSPS) is 14.0. The fraction of sp³-hybridized carbons (Fsp3) is 0.125. The molecule has 0 spiro atoms. The van der Waals surface area contributed by atoms with E-state index in [1.165, 1.54) is 28.4 Å². The van der Waals surface area contributed by atoms with Crippen molar-refractivity contribution < 1.29 is 0 Å². The zero-order valence-corrected chi connectivity index (χ0v) is 11.3. The summed E-state index contributed by atoms with van der Waals surface area (Å²) >= 11 is 0.442. The van der Waals surface area contributed by atoms with E-state index in [0.717, 1.165) is 0 Å². The molecule has 0 heterocycles. The molecule has 2 aromatic carbocycles. The molecule has 0 fully saturated rings. The number of aryl methyl sites for hydroxylation is 1. The van der Waals surface area contributed by atoms with E-state index in [4.69, 9.17) is 0 Å². The molecule has 0 saturated carbocycles. The summed E-state index contributed by atoms with van der Waals surface area (Å²) in [7, 11) is 0. The SMILES string of the molecule is C1=C([Se]c2ccccc2)c2ccccc2CC1. The van der Waals surface area contributed by atoms with Crippen molar-refractivity contribution in [3.63, 3.8) is 0 Å². The van der Waals surface area contributed by atoms with Crippen LogP contribution in [0.2, 0.25) is 0 Å². The second-order valence-corrected chi connectivity index (χ2v) is 6.52. The third kappa shape index (κ3) is 2.36. The number of rotatable bonds is 2. The second kappa shape index (κ2) is 4.91. The summed E-state index contributed by atoms with van der Waals surface area (Å²) in [5, 5.41) is 0. The summed E-state index contributed by atoms with van der Waals surface area (Å²) in [6.45, 7) is 0. The molecular weight excluding hydrogens is 271 g/mol. The van der Waals surface area contributed by atoms with Gasteiger partial charge >= 0.3 is 109 Å². The van der Waals surface area contributed by atoms with E-state index >= 15 is 0 Å². The molecule has 0 unspecified atom stereocenters. The fourth-order valence-corrected chi connectivity index (χ4v) is 4.38. The monoisotopic (exact) mass is 286 g/mol. The van der Waals surface area contributed by atoms with Crippen LogP contribution in [0.5, 0.6) is 0 Å². The average molecular weight is 285 g/mol. The molecule has 1 aliphatic carbocycles. The Morgan fingerprint density at radius 1 is 0.824 bits per heavy atom. The molecule has 0 aliphatic heterocycles. The molecule has 0 atom stereocenters. The second-order valence-electron chi connectivity index (χ2n) is 4.18. The van der Waals surface area contributed by atoms with Crippen LogP contribution in [0, 0.1) is 0 Å². The van der Waals surface area contributed by atoms with Crippen LogP contribution in [0.3, 0.4) is 0 Å². The van der Waals surface area contributed by atoms with E-state index in [0.29, 0.717) is 15.0 Å². The van der Waals surface area contributed by atoms with Crippen molar-refractivity contribution in [2.45, 2.75) is 12.8 Å². The van der Waals surface area contributed by atoms with Crippen molar-refractivity contribution in [1.29, 1.82) is 0 Å². The van der Waals surface area contributed by atoms with E-state index < -0.39 is 0 Å². The maximum absolute atomic E-state index is 2.43. The van der Waals surface area contributed by atoms with Crippen LogP contribution in [0.15, 0.2) is 60.7 Å². The van der Waals surface area contributed by atoms with Crippen LogP contribution in [0.4, 0.5) is 0 Å². The van der Waals surface area contributed by atoms with Gasteiger partial charge in [-0.3, -0.25) is 0 Å². The summed E-state index contributed by atoms with van der Waals surface area (Å²) in [6, 6.07) is 19.7. The summed E-state index contributed by atoms with van der Waals surface area (Å²) in [4.78, 5) is 0. The van der Waals surface area contributed by atoms with Crippen LogP contribution in [0.25, 0.3) is 4.47 Å². The first-order chi connectivity index (χ1) is 8.43. The zero-order chi connectivity index (χ0) is 11.5. The van der Waals surface area contributed by atoms with Gasteiger partial charge in [-0.15, -0.1) is 0 Å². The van der Waals surface area contributed by atoms with E-state index in [2.05, 4.69) is 60.7 Å². The predicted octanol–water partition coefficient (Wildman–Crippen LogP) is 3.00. The maximum atomic E-state index is 2.43. The van der Waals surface area contributed by atoms with Crippen LogP contribution in [-0.4, -0.2) is 15.0 Å². The topological polar surface area (TPSA) is 0 Å². The molecule has 0 saturated heterocycles.